The van der Waals surface area contributed by atoms with E-state index < -0.39 is 0 Å². The first-order valence-electron chi connectivity index (χ1n) is 6.14. The van der Waals surface area contributed by atoms with Crippen LogP contribution in [0.25, 0.3) is 0 Å². The monoisotopic (exact) mass is 456 g/mol. The Balaban J connectivity index is -0.000000207. The number of rotatable bonds is 0. The summed E-state index contributed by atoms with van der Waals surface area (Å²) in [7, 11) is 0.750. The van der Waals surface area contributed by atoms with Crippen molar-refractivity contribution in [2.75, 3.05) is 0 Å². The smallest absolute Gasteiger partial charge is 0.0213 e. The molecule has 0 spiro atoms. The van der Waals surface area contributed by atoms with Crippen LogP contribution in [-0.2, 0) is 0 Å². The van der Waals surface area contributed by atoms with E-state index in [0.717, 1.165) is 9.52 Å². The second-order valence-electron chi connectivity index (χ2n) is 4.36. The summed E-state index contributed by atoms with van der Waals surface area (Å²) in [6.07, 6.45) is 0. The molecule has 0 aliphatic rings. The minimum Gasteiger partial charge on any atom is -0.199 e. The van der Waals surface area contributed by atoms with Gasteiger partial charge in [-0.15, -0.1) is 12.4 Å². The van der Waals surface area contributed by atoms with Crippen LogP contribution >= 0.6 is 12.4 Å². The van der Waals surface area contributed by atoms with E-state index in [0.29, 0.717) is 0 Å². The van der Waals surface area contributed by atoms with Crippen LogP contribution in [0, 0.1) is 64.6 Å². The summed E-state index contributed by atoms with van der Waals surface area (Å²) in [6, 6.07) is 12.6. The molecular formula is C16H26ClLuSi-2. The van der Waals surface area contributed by atoms with E-state index in [1.165, 1.54) is 22.3 Å². The van der Waals surface area contributed by atoms with Gasteiger partial charge in [-0.05, 0) is 0 Å². The predicted octanol–water partition coefficient (Wildman–Crippen LogP) is 4.99. The Morgan fingerprint density at radius 3 is 0.895 bits per heavy atom. The summed E-state index contributed by atoms with van der Waals surface area (Å²) in [5.74, 6) is 0. The Hall–Kier alpha value is 0.441. The quantitative estimate of drug-likeness (QED) is 0.387. The van der Waals surface area contributed by atoms with E-state index in [1.54, 1.807) is 0 Å². The molecule has 118 valence electrons. The number of hydrogen-bond acceptors (Lipinski definition) is 0. The molecule has 0 nitrogen and oxygen atoms in total. The number of hydrogen-bond donors (Lipinski definition) is 0. The van der Waals surface area contributed by atoms with Gasteiger partial charge < -0.3 is 0 Å². The van der Waals surface area contributed by atoms with Crippen molar-refractivity contribution in [3.8, 4) is 0 Å². The van der Waals surface area contributed by atoms with Crippen LogP contribution in [0.3, 0.4) is 0 Å². The van der Waals surface area contributed by atoms with E-state index >= 15 is 0 Å². The molecule has 19 heavy (non-hydrogen) atoms. The first kappa shape index (κ1) is 24.5. The fourth-order valence-corrected chi connectivity index (χ4v) is 1.20. The molecule has 2 aromatic rings. The third-order valence-electron chi connectivity index (χ3n) is 2.63. The normalized spacial score (nSPS) is 7.89. The average Bonchev–Trinajstić information content (AvgIpc) is 2.81. The van der Waals surface area contributed by atoms with Gasteiger partial charge in [0.2, 0.25) is 0 Å². The molecule has 0 saturated carbocycles. The maximum absolute atomic E-state index is 2.21. The molecule has 0 N–H and O–H groups in total. The van der Waals surface area contributed by atoms with Crippen molar-refractivity contribution in [1.29, 1.82) is 0 Å². The van der Waals surface area contributed by atoms with Crippen molar-refractivity contribution < 1.29 is 36.9 Å². The summed E-state index contributed by atoms with van der Waals surface area (Å²) in [5.41, 5.74) is 5.56. The molecule has 0 amide bonds. The first-order chi connectivity index (χ1) is 8.02. The molecule has 2 radical (unpaired) electrons. The molecule has 0 unspecified atom stereocenters. The van der Waals surface area contributed by atoms with Crippen molar-refractivity contribution in [1.82, 2.24) is 0 Å². The largest absolute Gasteiger partial charge is 0.199 e. The zero-order valence-electron chi connectivity index (χ0n) is 12.7. The molecule has 0 aromatic heterocycles. The molecule has 0 fully saturated rings. The predicted molar refractivity (Wildman–Crippen MR) is 89.1 cm³/mol. The number of aryl methyl sites for hydroxylation is 4. The van der Waals surface area contributed by atoms with Gasteiger partial charge in [0, 0.05) is 46.4 Å². The number of halogens is 1. The minimum atomic E-state index is 0. The standard InChI is InChI=1S/2C7H9.C2H7Si.ClH.Lu/c2*1-6-4-3-5-7(6)2;1-3-2;;/h2*3-5H,1-2H3;3H,1-2H3;1H;/q2*-1;;;. The van der Waals surface area contributed by atoms with Gasteiger partial charge in [0.1, 0.15) is 0 Å². The summed E-state index contributed by atoms with van der Waals surface area (Å²) in [5, 5.41) is 0. The van der Waals surface area contributed by atoms with Crippen molar-refractivity contribution in [2.45, 2.75) is 40.8 Å². The Morgan fingerprint density at radius 2 is 0.842 bits per heavy atom. The van der Waals surface area contributed by atoms with Crippen LogP contribution in [0.4, 0.5) is 0 Å². The van der Waals surface area contributed by atoms with Gasteiger partial charge >= 0.3 is 0 Å². The third-order valence-corrected chi connectivity index (χ3v) is 2.63. The van der Waals surface area contributed by atoms with Crippen molar-refractivity contribution >= 4 is 21.9 Å². The SMILES string of the molecule is C[SiH]C.Cc1c[cH-]cc1C.Cc1c[cH-]cc1C.Cl.[Lu]. The maximum Gasteiger partial charge on any atom is 0.0213 e. The summed E-state index contributed by atoms with van der Waals surface area (Å²) >= 11 is 0. The minimum absolute atomic E-state index is 0. The average molecular weight is 457 g/mol. The zero-order chi connectivity index (χ0) is 13.3. The Morgan fingerprint density at radius 1 is 0.684 bits per heavy atom. The molecule has 0 atom stereocenters. The molecule has 0 saturated heterocycles. The van der Waals surface area contributed by atoms with Crippen LogP contribution in [0.15, 0.2) is 36.4 Å². The van der Waals surface area contributed by atoms with E-state index in [1.807, 2.05) is 0 Å². The topological polar surface area (TPSA) is 0 Å². The van der Waals surface area contributed by atoms with E-state index in [9.17, 15) is 0 Å². The van der Waals surface area contributed by atoms with Gasteiger partial charge in [0.05, 0.1) is 0 Å². The fraction of sp³-hybridized carbons (Fsp3) is 0.375. The molecule has 0 heterocycles. The van der Waals surface area contributed by atoms with E-state index in [2.05, 4.69) is 77.2 Å². The fourth-order valence-electron chi connectivity index (χ4n) is 1.20. The molecular weight excluding hydrogens is 431 g/mol. The van der Waals surface area contributed by atoms with Gasteiger partial charge in [-0.25, -0.2) is 0 Å². The Kier molecular flexibility index (Phi) is 19.1. The molecule has 0 aliphatic carbocycles. The third kappa shape index (κ3) is 11.9. The van der Waals surface area contributed by atoms with Crippen LogP contribution in [0.1, 0.15) is 22.3 Å². The molecule has 0 bridgehead atoms. The van der Waals surface area contributed by atoms with Crippen molar-refractivity contribution in [2.24, 2.45) is 0 Å². The first-order valence-corrected chi connectivity index (χ1v) is 8.45. The van der Waals surface area contributed by atoms with Crippen LogP contribution < -0.4 is 0 Å². The van der Waals surface area contributed by atoms with Gasteiger partial charge in [-0.3, -0.25) is 0 Å². The molecule has 2 aromatic carbocycles. The zero-order valence-corrected chi connectivity index (χ0v) is 16.3. The summed E-state index contributed by atoms with van der Waals surface area (Å²) in [6.45, 7) is 12.9. The summed E-state index contributed by atoms with van der Waals surface area (Å²) in [4.78, 5) is 0. The molecule has 0 aliphatic heterocycles. The van der Waals surface area contributed by atoms with Gasteiger partial charge in [-0.1, -0.05) is 40.8 Å². The molecule has 2 rings (SSSR count). The second kappa shape index (κ2) is 14.8. The van der Waals surface area contributed by atoms with Crippen LogP contribution in [-0.4, -0.2) is 9.52 Å². The van der Waals surface area contributed by atoms with Crippen LogP contribution in [0.2, 0.25) is 13.1 Å². The Bertz CT molecular complexity index is 333. The van der Waals surface area contributed by atoms with Gasteiger partial charge in [-0.2, -0.15) is 58.7 Å². The van der Waals surface area contributed by atoms with E-state index in [-0.39, 0.29) is 49.3 Å². The Labute approximate surface area is 157 Å². The van der Waals surface area contributed by atoms with Crippen molar-refractivity contribution in [3.05, 3.63) is 58.7 Å². The maximum atomic E-state index is 2.21. The second-order valence-corrected chi connectivity index (χ2v) is 5.52. The van der Waals surface area contributed by atoms with Gasteiger partial charge in [0.15, 0.2) is 0 Å². The van der Waals surface area contributed by atoms with Crippen molar-refractivity contribution in [3.63, 3.8) is 0 Å². The van der Waals surface area contributed by atoms with Gasteiger partial charge in [0.25, 0.3) is 0 Å². The molecule has 3 heteroatoms. The van der Waals surface area contributed by atoms with Crippen LogP contribution in [0.5, 0.6) is 0 Å². The van der Waals surface area contributed by atoms with E-state index in [4.69, 9.17) is 0 Å². The summed E-state index contributed by atoms with van der Waals surface area (Å²) < 4.78 is 0.